The summed E-state index contributed by atoms with van der Waals surface area (Å²) in [4.78, 5) is 8.71. The molecule has 124 valence electrons. The number of fused-ring (bicyclic) bond motifs is 1. The second-order valence-electron chi connectivity index (χ2n) is 6.33. The molecule has 0 spiro atoms. The molecule has 5 nitrogen and oxygen atoms in total. The smallest absolute Gasteiger partial charge is 0.211 e. The number of sulfonamides is 1. The molecule has 0 amide bonds. The van der Waals surface area contributed by atoms with Gasteiger partial charge in [0.1, 0.15) is 5.01 Å². The first-order valence-corrected chi connectivity index (χ1v) is 10.7. The molecule has 2 heterocycles. The van der Waals surface area contributed by atoms with Crippen LogP contribution in [0.15, 0.2) is 0 Å². The average molecular weight is 344 g/mol. The minimum Gasteiger partial charge on any atom is -0.296 e. The molecule has 1 saturated heterocycles. The number of hydrogen-bond donors (Lipinski definition) is 1. The Morgan fingerprint density at radius 1 is 1.36 bits per heavy atom. The van der Waals surface area contributed by atoms with E-state index in [0.717, 1.165) is 32.5 Å². The number of thiazole rings is 1. The first kappa shape index (κ1) is 16.4. The summed E-state index contributed by atoms with van der Waals surface area (Å²) in [6, 6.07) is 0. The van der Waals surface area contributed by atoms with Gasteiger partial charge < -0.3 is 0 Å². The maximum atomic E-state index is 11.5. The summed E-state index contributed by atoms with van der Waals surface area (Å²) in [5.74, 6) is 0.588. The third-order valence-electron chi connectivity index (χ3n) is 4.59. The van der Waals surface area contributed by atoms with Gasteiger partial charge in [-0.15, -0.1) is 11.3 Å². The molecule has 1 aliphatic heterocycles. The van der Waals surface area contributed by atoms with Crippen molar-refractivity contribution in [1.82, 2.24) is 14.6 Å². The lowest BCUT2D eigenvalue weighted by Gasteiger charge is -2.14. The molecule has 1 fully saturated rings. The molecule has 1 atom stereocenters. The van der Waals surface area contributed by atoms with E-state index in [1.807, 2.05) is 11.3 Å². The van der Waals surface area contributed by atoms with Gasteiger partial charge in [0.05, 0.1) is 18.0 Å². The molecule has 0 unspecified atom stereocenters. The van der Waals surface area contributed by atoms with Crippen LogP contribution in [0.2, 0.25) is 0 Å². The van der Waals surface area contributed by atoms with Crippen molar-refractivity contribution in [2.24, 2.45) is 5.92 Å². The highest BCUT2D eigenvalue weighted by atomic mass is 32.2. The second kappa shape index (κ2) is 6.95. The molecule has 0 bridgehead atoms. The number of aromatic nitrogens is 1. The zero-order valence-corrected chi connectivity index (χ0v) is 14.8. The third-order valence-corrected chi connectivity index (χ3v) is 7.10. The van der Waals surface area contributed by atoms with Crippen molar-refractivity contribution in [3.05, 3.63) is 15.6 Å². The van der Waals surface area contributed by atoms with Crippen molar-refractivity contribution in [1.29, 1.82) is 0 Å². The molecule has 22 heavy (non-hydrogen) atoms. The van der Waals surface area contributed by atoms with Crippen LogP contribution < -0.4 is 4.72 Å². The summed E-state index contributed by atoms with van der Waals surface area (Å²) < 4.78 is 25.7. The minimum absolute atomic E-state index is 0.161. The zero-order chi connectivity index (χ0) is 15.6. The van der Waals surface area contributed by atoms with Crippen LogP contribution in [0, 0.1) is 5.92 Å². The quantitative estimate of drug-likeness (QED) is 0.855. The highest BCUT2D eigenvalue weighted by molar-refractivity contribution is 7.89. The van der Waals surface area contributed by atoms with Gasteiger partial charge in [0.25, 0.3) is 0 Å². The molecular weight excluding hydrogens is 318 g/mol. The summed E-state index contributed by atoms with van der Waals surface area (Å²) in [7, 11) is -3.06. The lowest BCUT2D eigenvalue weighted by Crippen LogP contribution is -2.31. The fourth-order valence-electron chi connectivity index (χ4n) is 3.23. The van der Waals surface area contributed by atoms with E-state index in [1.54, 1.807) is 6.92 Å². The van der Waals surface area contributed by atoms with E-state index in [2.05, 4.69) is 9.62 Å². The Morgan fingerprint density at radius 3 is 2.95 bits per heavy atom. The van der Waals surface area contributed by atoms with Crippen molar-refractivity contribution < 1.29 is 8.42 Å². The van der Waals surface area contributed by atoms with E-state index < -0.39 is 10.0 Å². The fraction of sp³-hybridized carbons (Fsp3) is 0.800. The first-order valence-electron chi connectivity index (χ1n) is 8.23. The molecular formula is C15H25N3O2S2. The van der Waals surface area contributed by atoms with Gasteiger partial charge in [-0.1, -0.05) is 0 Å². The molecule has 7 heteroatoms. The molecule has 1 aromatic heterocycles. The van der Waals surface area contributed by atoms with Crippen LogP contribution >= 0.6 is 11.3 Å². The van der Waals surface area contributed by atoms with Crippen molar-refractivity contribution in [2.75, 3.05) is 25.4 Å². The van der Waals surface area contributed by atoms with E-state index >= 15 is 0 Å². The molecule has 2 aliphatic rings. The summed E-state index contributed by atoms with van der Waals surface area (Å²) in [6.07, 6.45) is 6.00. The van der Waals surface area contributed by atoms with Crippen molar-refractivity contribution in [3.63, 3.8) is 0 Å². The van der Waals surface area contributed by atoms with Gasteiger partial charge in [0.2, 0.25) is 10.0 Å². The highest BCUT2D eigenvalue weighted by Gasteiger charge is 2.25. The summed E-state index contributed by atoms with van der Waals surface area (Å²) in [5.41, 5.74) is 1.33. The Labute approximate surface area is 137 Å². The Morgan fingerprint density at radius 2 is 2.18 bits per heavy atom. The minimum atomic E-state index is -3.06. The highest BCUT2D eigenvalue weighted by Crippen LogP contribution is 2.28. The van der Waals surface area contributed by atoms with Gasteiger partial charge in [-0.2, -0.15) is 0 Å². The number of nitrogens with zero attached hydrogens (tertiary/aromatic N) is 2. The Balaban J connectivity index is 1.49. The van der Waals surface area contributed by atoms with E-state index in [1.165, 1.54) is 34.8 Å². The lowest BCUT2D eigenvalue weighted by molar-refractivity contribution is 0.316. The molecule has 1 aromatic rings. The van der Waals surface area contributed by atoms with E-state index in [0.29, 0.717) is 12.5 Å². The van der Waals surface area contributed by atoms with Crippen molar-refractivity contribution in [3.8, 4) is 0 Å². The van der Waals surface area contributed by atoms with Crippen LogP contribution in [-0.4, -0.2) is 43.7 Å². The summed E-state index contributed by atoms with van der Waals surface area (Å²) >= 11 is 1.88. The summed E-state index contributed by atoms with van der Waals surface area (Å²) in [6.45, 7) is 5.18. The molecule has 0 saturated carbocycles. The van der Waals surface area contributed by atoms with Gasteiger partial charge >= 0.3 is 0 Å². The first-order chi connectivity index (χ1) is 10.6. The molecule has 1 N–H and O–H groups in total. The summed E-state index contributed by atoms with van der Waals surface area (Å²) in [5, 5.41) is 1.24. The SMILES string of the molecule is CCS(=O)(=O)NC[C@@H]1CCN(Cc2nc3c(s2)CCCC3)C1. The second-order valence-corrected chi connectivity index (χ2v) is 9.59. The van der Waals surface area contributed by atoms with Crippen LogP contribution in [-0.2, 0) is 29.4 Å². The molecule has 1 aliphatic carbocycles. The topological polar surface area (TPSA) is 62.3 Å². The standard InChI is InChI=1S/C15H25N3O2S2/c1-2-22(19,20)16-9-12-7-8-18(10-12)11-15-17-13-5-3-4-6-14(13)21-15/h12,16H,2-11H2,1H3/t12-/m0/s1. The van der Waals surface area contributed by atoms with Crippen LogP contribution in [0.1, 0.15) is 41.8 Å². The predicted octanol–water partition coefficient (Wildman–Crippen LogP) is 1.78. The van der Waals surface area contributed by atoms with Crippen LogP contribution in [0.3, 0.4) is 0 Å². The third kappa shape index (κ3) is 4.07. The number of aryl methyl sites for hydroxylation is 2. The van der Waals surface area contributed by atoms with Gasteiger partial charge in [0, 0.05) is 18.0 Å². The maximum absolute atomic E-state index is 11.5. The van der Waals surface area contributed by atoms with Gasteiger partial charge in [0.15, 0.2) is 0 Å². The van der Waals surface area contributed by atoms with E-state index in [-0.39, 0.29) is 5.75 Å². The Bertz CT molecular complexity index is 589. The monoisotopic (exact) mass is 343 g/mol. The molecule has 3 rings (SSSR count). The van der Waals surface area contributed by atoms with Crippen LogP contribution in [0.25, 0.3) is 0 Å². The predicted molar refractivity (Wildman–Crippen MR) is 89.6 cm³/mol. The van der Waals surface area contributed by atoms with Crippen molar-refractivity contribution in [2.45, 2.75) is 45.6 Å². The molecule has 0 radical (unpaired) electrons. The number of likely N-dealkylation sites (tertiary alicyclic amines) is 1. The van der Waals surface area contributed by atoms with Crippen LogP contribution in [0.5, 0.6) is 0 Å². The fourth-order valence-corrected chi connectivity index (χ4v) is 5.13. The van der Waals surface area contributed by atoms with E-state index in [4.69, 9.17) is 4.98 Å². The van der Waals surface area contributed by atoms with Gasteiger partial charge in [-0.3, -0.25) is 4.90 Å². The van der Waals surface area contributed by atoms with Crippen LogP contribution in [0.4, 0.5) is 0 Å². The Hall–Kier alpha value is -0.500. The van der Waals surface area contributed by atoms with E-state index in [9.17, 15) is 8.42 Å². The molecule has 0 aromatic carbocycles. The zero-order valence-electron chi connectivity index (χ0n) is 13.2. The number of rotatable bonds is 6. The van der Waals surface area contributed by atoms with Crippen molar-refractivity contribution >= 4 is 21.4 Å². The average Bonchev–Trinajstić information content (AvgIpc) is 3.11. The Kier molecular flexibility index (Phi) is 5.17. The van der Waals surface area contributed by atoms with Gasteiger partial charge in [-0.05, 0) is 51.5 Å². The van der Waals surface area contributed by atoms with Gasteiger partial charge in [-0.25, -0.2) is 18.1 Å². The largest absolute Gasteiger partial charge is 0.296 e. The lowest BCUT2D eigenvalue weighted by atomic mass is 10.0. The normalized spacial score (nSPS) is 22.9. The number of nitrogens with one attached hydrogen (secondary N) is 1. The number of hydrogen-bond acceptors (Lipinski definition) is 5. The maximum Gasteiger partial charge on any atom is 0.211 e.